The summed E-state index contributed by atoms with van der Waals surface area (Å²) in [5.41, 5.74) is -0.354. The Labute approximate surface area is 127 Å². The second-order valence-electron chi connectivity index (χ2n) is 4.79. The second-order valence-corrected chi connectivity index (χ2v) is 6.72. The largest absolute Gasteiger partial charge is 0.416 e. The molecule has 1 atom stereocenters. The van der Waals surface area contributed by atoms with Gasteiger partial charge in [0.25, 0.3) is 0 Å². The van der Waals surface area contributed by atoms with Crippen LogP contribution in [0.15, 0.2) is 24.3 Å². The minimum Gasteiger partial charge on any atom is -0.355 e. The molecule has 0 radical (unpaired) electrons. The van der Waals surface area contributed by atoms with Crippen LogP contribution in [-0.2, 0) is 21.0 Å². The summed E-state index contributed by atoms with van der Waals surface area (Å²) in [5, 5.41) is 2.39. The van der Waals surface area contributed by atoms with Gasteiger partial charge in [-0.15, -0.1) is 0 Å². The first-order valence-electron chi connectivity index (χ1n) is 6.40. The predicted molar refractivity (Wildman–Crippen MR) is 75.7 cm³/mol. The van der Waals surface area contributed by atoms with E-state index in [1.165, 1.54) is 19.2 Å². The molecule has 1 aromatic carbocycles. The summed E-state index contributed by atoms with van der Waals surface area (Å²) in [5.74, 6) is -1.82. The van der Waals surface area contributed by atoms with Crippen molar-refractivity contribution < 1.29 is 26.4 Å². The van der Waals surface area contributed by atoms with Crippen molar-refractivity contribution >= 4 is 15.9 Å². The van der Waals surface area contributed by atoms with Crippen molar-refractivity contribution in [3.63, 3.8) is 0 Å². The number of benzene rings is 1. The van der Waals surface area contributed by atoms with Crippen LogP contribution in [0.5, 0.6) is 0 Å². The maximum absolute atomic E-state index is 12.6. The number of hydrogen-bond acceptors (Lipinski definition) is 3. The van der Waals surface area contributed by atoms with E-state index in [2.05, 4.69) is 5.32 Å². The fourth-order valence-corrected chi connectivity index (χ4v) is 2.29. The summed E-state index contributed by atoms with van der Waals surface area (Å²) < 4.78 is 62.2. The van der Waals surface area contributed by atoms with Gasteiger partial charge in [0.05, 0.1) is 5.56 Å². The van der Waals surface area contributed by atoms with Gasteiger partial charge < -0.3 is 5.32 Å². The molecule has 0 saturated carbocycles. The zero-order chi connectivity index (χ0) is 17.0. The molecule has 0 aliphatic heterocycles. The quantitative estimate of drug-likeness (QED) is 0.825. The number of hydrogen-bond donors (Lipinski definition) is 2. The van der Waals surface area contributed by atoms with E-state index in [0.717, 1.165) is 12.1 Å². The van der Waals surface area contributed by atoms with Crippen LogP contribution in [0, 0.1) is 0 Å². The molecular formula is C13H17F3N2O3S. The van der Waals surface area contributed by atoms with Gasteiger partial charge in [0.15, 0.2) is 0 Å². The Morgan fingerprint density at radius 2 is 1.95 bits per heavy atom. The van der Waals surface area contributed by atoms with Gasteiger partial charge >= 0.3 is 6.18 Å². The Morgan fingerprint density at radius 1 is 1.32 bits per heavy atom. The SMILES string of the molecule is CNS(=O)(=O)CC(=O)NC[C@H](C)c1cccc(C(F)(F)F)c1. The predicted octanol–water partition coefficient (Wildman–Crippen LogP) is 1.47. The molecule has 1 amide bonds. The van der Waals surface area contributed by atoms with Crippen LogP contribution in [0.4, 0.5) is 13.2 Å². The van der Waals surface area contributed by atoms with Gasteiger partial charge in [-0.2, -0.15) is 13.2 Å². The Kier molecular flexibility index (Phi) is 5.95. The highest BCUT2D eigenvalue weighted by Crippen LogP contribution is 2.30. The lowest BCUT2D eigenvalue weighted by atomic mass is 9.99. The summed E-state index contributed by atoms with van der Waals surface area (Å²) >= 11 is 0. The van der Waals surface area contributed by atoms with Gasteiger partial charge in [0.1, 0.15) is 5.75 Å². The Morgan fingerprint density at radius 3 is 2.50 bits per heavy atom. The zero-order valence-corrected chi connectivity index (χ0v) is 12.9. The van der Waals surface area contributed by atoms with Crippen LogP contribution in [0.25, 0.3) is 0 Å². The molecule has 0 unspecified atom stereocenters. The van der Waals surface area contributed by atoms with Crippen LogP contribution in [-0.4, -0.2) is 33.7 Å². The molecule has 22 heavy (non-hydrogen) atoms. The fourth-order valence-electron chi connectivity index (χ4n) is 1.70. The minimum absolute atomic E-state index is 0.0410. The van der Waals surface area contributed by atoms with E-state index in [0.29, 0.717) is 5.56 Å². The molecule has 9 heteroatoms. The highest BCUT2D eigenvalue weighted by atomic mass is 32.2. The van der Waals surface area contributed by atoms with Gasteiger partial charge in [-0.25, -0.2) is 13.1 Å². The van der Waals surface area contributed by atoms with E-state index in [9.17, 15) is 26.4 Å². The van der Waals surface area contributed by atoms with Crippen molar-refractivity contribution in [2.45, 2.75) is 19.0 Å². The number of amides is 1. The summed E-state index contributed by atoms with van der Waals surface area (Å²) in [6.45, 7) is 1.68. The van der Waals surface area contributed by atoms with Crippen molar-refractivity contribution in [2.24, 2.45) is 0 Å². The molecule has 0 fully saturated rings. The Balaban J connectivity index is 2.67. The molecule has 0 bridgehead atoms. The topological polar surface area (TPSA) is 75.3 Å². The molecule has 5 nitrogen and oxygen atoms in total. The van der Waals surface area contributed by atoms with Crippen LogP contribution >= 0.6 is 0 Å². The van der Waals surface area contributed by atoms with Crippen LogP contribution in [0.3, 0.4) is 0 Å². The average Bonchev–Trinajstić information content (AvgIpc) is 2.43. The van der Waals surface area contributed by atoms with E-state index >= 15 is 0 Å². The standard InChI is InChI=1S/C13H17F3N2O3S/c1-9(7-18-12(19)8-22(20,21)17-2)10-4-3-5-11(6-10)13(14,15)16/h3-6,9,17H,7-8H2,1-2H3,(H,18,19)/t9-/m0/s1. The Bertz CT molecular complexity index is 630. The normalized spacial score (nSPS) is 13.7. The highest BCUT2D eigenvalue weighted by molar-refractivity contribution is 7.90. The second kappa shape index (κ2) is 7.10. The number of rotatable bonds is 6. The third-order valence-electron chi connectivity index (χ3n) is 3.02. The molecular weight excluding hydrogens is 321 g/mol. The fraction of sp³-hybridized carbons (Fsp3) is 0.462. The molecule has 0 aliphatic carbocycles. The first-order valence-corrected chi connectivity index (χ1v) is 8.05. The van der Waals surface area contributed by atoms with Crippen LogP contribution in [0.1, 0.15) is 24.0 Å². The number of sulfonamides is 1. The third-order valence-corrected chi connectivity index (χ3v) is 4.28. The van der Waals surface area contributed by atoms with E-state index in [1.54, 1.807) is 6.92 Å². The monoisotopic (exact) mass is 338 g/mol. The minimum atomic E-state index is -4.43. The van der Waals surface area contributed by atoms with E-state index in [1.807, 2.05) is 4.72 Å². The third kappa shape index (κ3) is 5.64. The molecule has 0 heterocycles. The number of halogens is 3. The molecule has 0 aromatic heterocycles. The van der Waals surface area contributed by atoms with Crippen molar-refractivity contribution in [1.82, 2.24) is 10.0 Å². The van der Waals surface area contributed by atoms with Gasteiger partial charge in [-0.1, -0.05) is 25.1 Å². The number of carbonyl (C=O) groups excluding carboxylic acids is 1. The number of alkyl halides is 3. The van der Waals surface area contributed by atoms with E-state index in [-0.39, 0.29) is 12.5 Å². The maximum Gasteiger partial charge on any atom is 0.416 e. The highest BCUT2D eigenvalue weighted by Gasteiger charge is 2.30. The van der Waals surface area contributed by atoms with Crippen molar-refractivity contribution in [2.75, 3.05) is 19.3 Å². The molecule has 1 rings (SSSR count). The maximum atomic E-state index is 12.6. The van der Waals surface area contributed by atoms with Gasteiger partial charge in [-0.05, 0) is 24.6 Å². The molecule has 124 valence electrons. The molecule has 2 N–H and O–H groups in total. The average molecular weight is 338 g/mol. The van der Waals surface area contributed by atoms with Gasteiger partial charge in [-0.3, -0.25) is 4.79 Å². The van der Waals surface area contributed by atoms with Crippen LogP contribution in [0.2, 0.25) is 0 Å². The smallest absolute Gasteiger partial charge is 0.355 e. The first kappa shape index (κ1) is 18.4. The number of carbonyl (C=O) groups is 1. The van der Waals surface area contributed by atoms with E-state index < -0.39 is 33.4 Å². The summed E-state index contributed by atoms with van der Waals surface area (Å²) in [4.78, 5) is 11.5. The van der Waals surface area contributed by atoms with Gasteiger partial charge in [0, 0.05) is 6.54 Å². The lowest BCUT2D eigenvalue weighted by Crippen LogP contribution is -2.36. The zero-order valence-electron chi connectivity index (χ0n) is 12.1. The molecule has 0 aliphatic rings. The van der Waals surface area contributed by atoms with Crippen molar-refractivity contribution in [1.29, 1.82) is 0 Å². The van der Waals surface area contributed by atoms with E-state index in [4.69, 9.17) is 0 Å². The lowest BCUT2D eigenvalue weighted by Gasteiger charge is -2.15. The summed E-state index contributed by atoms with van der Waals surface area (Å²) in [6.07, 6.45) is -4.43. The molecule has 0 saturated heterocycles. The Hall–Kier alpha value is -1.61. The lowest BCUT2D eigenvalue weighted by molar-refractivity contribution is -0.137. The van der Waals surface area contributed by atoms with Crippen molar-refractivity contribution in [3.05, 3.63) is 35.4 Å². The molecule has 0 spiro atoms. The van der Waals surface area contributed by atoms with Crippen molar-refractivity contribution in [3.8, 4) is 0 Å². The first-order chi connectivity index (χ1) is 10.0. The molecule has 1 aromatic rings. The van der Waals surface area contributed by atoms with Gasteiger partial charge in [0.2, 0.25) is 15.9 Å². The summed E-state index contributed by atoms with van der Waals surface area (Å²) in [7, 11) is -2.48. The summed E-state index contributed by atoms with van der Waals surface area (Å²) in [6, 6.07) is 4.80. The number of nitrogens with one attached hydrogen (secondary N) is 2. The van der Waals surface area contributed by atoms with Crippen LogP contribution < -0.4 is 10.0 Å².